The van der Waals surface area contributed by atoms with E-state index in [1.807, 2.05) is 0 Å². The molecule has 0 aliphatic carbocycles. The van der Waals surface area contributed by atoms with Crippen molar-refractivity contribution in [2.75, 3.05) is 0 Å². The predicted octanol–water partition coefficient (Wildman–Crippen LogP) is 9.00. The Morgan fingerprint density at radius 3 is 0.902 bits per heavy atom. The highest BCUT2D eigenvalue weighted by Gasteiger charge is 2.24. The molecule has 4 N–H and O–H groups in total. The molecule has 5 atom stereocenters. The van der Waals surface area contributed by atoms with Gasteiger partial charge in [-0.05, 0) is 38.5 Å². The first-order valence-electron chi connectivity index (χ1n) is 21.1. The molecule has 0 aromatic rings. The Morgan fingerprint density at radius 1 is 0.373 bits per heavy atom. The molecule has 4 amide bonds. The Morgan fingerprint density at radius 2 is 0.627 bits per heavy atom. The minimum absolute atomic E-state index is 0.0129. The molecule has 0 aromatic carbocycles. The molecule has 5 unspecified atom stereocenters. The van der Waals surface area contributed by atoms with Gasteiger partial charge in [0.05, 0.1) is 0 Å². The minimum atomic E-state index is -0.321. The summed E-state index contributed by atoms with van der Waals surface area (Å²) in [5, 5.41) is 12.5. The molecule has 298 valence electrons. The average Bonchev–Trinajstić information content (AvgIpc) is 3.04. The second-order valence-corrected chi connectivity index (χ2v) is 15.4. The van der Waals surface area contributed by atoms with Crippen LogP contribution in [0.2, 0.25) is 0 Å². The monoisotopic (exact) mass is 721 g/mol. The van der Waals surface area contributed by atoms with Crippen molar-refractivity contribution in [2.24, 2.45) is 5.92 Å². The molecular weight excluding hydrogens is 640 g/mol. The van der Waals surface area contributed by atoms with Crippen molar-refractivity contribution in [3.05, 3.63) is 0 Å². The highest BCUT2D eigenvalue weighted by Crippen LogP contribution is 2.16. The summed E-state index contributed by atoms with van der Waals surface area (Å²) in [7, 11) is 0. The summed E-state index contributed by atoms with van der Waals surface area (Å²) < 4.78 is 0. The molecule has 0 aliphatic rings. The number of hydrogen-bond donors (Lipinski definition) is 4. The van der Waals surface area contributed by atoms with Crippen LogP contribution in [0.25, 0.3) is 0 Å². The minimum Gasteiger partial charge on any atom is -0.353 e. The molecule has 0 aromatic heterocycles. The van der Waals surface area contributed by atoms with Gasteiger partial charge in [-0.1, -0.05) is 144 Å². The van der Waals surface area contributed by atoms with Crippen LogP contribution in [-0.2, 0) is 24.0 Å². The second kappa shape index (κ2) is 32.2. The summed E-state index contributed by atoms with van der Waals surface area (Å²) >= 11 is 0. The van der Waals surface area contributed by atoms with E-state index in [0.29, 0.717) is 31.6 Å². The van der Waals surface area contributed by atoms with Gasteiger partial charge >= 0.3 is 0 Å². The van der Waals surface area contributed by atoms with Crippen molar-refractivity contribution >= 4 is 29.4 Å². The molecule has 0 spiro atoms. The number of Topliss-reactive ketones (excluding diaryl/α,β-unsaturated/α-hetero) is 1. The summed E-state index contributed by atoms with van der Waals surface area (Å²) in [5.41, 5.74) is 0. The van der Waals surface area contributed by atoms with E-state index in [-0.39, 0.29) is 72.8 Å². The van der Waals surface area contributed by atoms with Crippen molar-refractivity contribution in [3.63, 3.8) is 0 Å². The number of amides is 4. The van der Waals surface area contributed by atoms with Crippen LogP contribution in [0, 0.1) is 5.92 Å². The van der Waals surface area contributed by atoms with Gasteiger partial charge in [-0.15, -0.1) is 0 Å². The molecule has 0 heterocycles. The molecule has 51 heavy (non-hydrogen) atoms. The number of hydrogen-bond acceptors (Lipinski definition) is 5. The third-order valence-electron chi connectivity index (χ3n) is 9.75. The normalized spacial score (nSPS) is 14.2. The first kappa shape index (κ1) is 48.5. The molecule has 0 saturated heterocycles. The van der Waals surface area contributed by atoms with Gasteiger partial charge in [0, 0.05) is 56.3 Å². The van der Waals surface area contributed by atoms with Crippen LogP contribution in [0.15, 0.2) is 0 Å². The lowest BCUT2D eigenvalue weighted by Gasteiger charge is -2.24. The number of ketones is 1. The maximum absolute atomic E-state index is 13.5. The van der Waals surface area contributed by atoms with E-state index in [0.717, 1.165) is 109 Å². The van der Waals surface area contributed by atoms with Gasteiger partial charge in [0.2, 0.25) is 23.6 Å². The van der Waals surface area contributed by atoms with Crippen LogP contribution < -0.4 is 21.3 Å². The van der Waals surface area contributed by atoms with E-state index in [9.17, 15) is 24.0 Å². The average molecular weight is 721 g/mol. The largest absolute Gasteiger partial charge is 0.353 e. The van der Waals surface area contributed by atoms with E-state index in [1.54, 1.807) is 6.92 Å². The standard InChI is InChI=1S/C42H80N4O5/c1-8-13-18-23-33(6)28-39(48)44-36(25-20-15-10-3)30-41(50)46-38(27-22-17-12-5)32-42(51)45-37(26-21-16-11-4)31-40(49)43-35(29-34(7)47)24-19-14-9-2/h33,35-38H,8-32H2,1-7H3,(H,43,49)(H,44,48)(H,45,51)(H,46,50). The SMILES string of the molecule is CCCCCC(C)CC(=O)NC(CCCCC)CC(=O)NC(CCCCC)CC(=O)NC(CCCCC)CC(=O)NC(CCCCC)CC(C)=O. The van der Waals surface area contributed by atoms with E-state index in [2.05, 4.69) is 62.8 Å². The van der Waals surface area contributed by atoms with Gasteiger partial charge in [-0.3, -0.25) is 24.0 Å². The number of nitrogens with one attached hydrogen (secondary N) is 4. The van der Waals surface area contributed by atoms with E-state index in [1.165, 1.54) is 6.42 Å². The van der Waals surface area contributed by atoms with Gasteiger partial charge in [0.25, 0.3) is 0 Å². The number of unbranched alkanes of at least 4 members (excludes halogenated alkanes) is 10. The van der Waals surface area contributed by atoms with E-state index >= 15 is 0 Å². The van der Waals surface area contributed by atoms with E-state index in [4.69, 9.17) is 0 Å². The van der Waals surface area contributed by atoms with Crippen LogP contribution in [0.5, 0.6) is 0 Å². The van der Waals surface area contributed by atoms with Crippen molar-refractivity contribution in [1.29, 1.82) is 0 Å². The maximum Gasteiger partial charge on any atom is 0.222 e. The molecule has 0 radical (unpaired) electrons. The predicted molar refractivity (Wildman–Crippen MR) is 211 cm³/mol. The molecule has 0 aliphatic heterocycles. The van der Waals surface area contributed by atoms with Crippen molar-refractivity contribution in [1.82, 2.24) is 21.3 Å². The number of carbonyl (C=O) groups is 5. The Balaban J connectivity index is 5.52. The van der Waals surface area contributed by atoms with Crippen molar-refractivity contribution in [3.8, 4) is 0 Å². The molecule has 0 saturated carbocycles. The summed E-state index contributed by atoms with van der Waals surface area (Å²) in [6.07, 6.45) is 20.8. The lowest BCUT2D eigenvalue weighted by Crippen LogP contribution is -2.46. The second-order valence-electron chi connectivity index (χ2n) is 15.4. The van der Waals surface area contributed by atoms with Crippen LogP contribution in [0.3, 0.4) is 0 Å². The third-order valence-corrected chi connectivity index (χ3v) is 9.75. The summed E-state index contributed by atoms with van der Waals surface area (Å²) in [6.45, 7) is 14.4. The van der Waals surface area contributed by atoms with Crippen LogP contribution in [0.4, 0.5) is 0 Å². The quantitative estimate of drug-likeness (QED) is 0.0493. The number of carbonyl (C=O) groups excluding carboxylic acids is 5. The fourth-order valence-corrected chi connectivity index (χ4v) is 6.79. The Bertz CT molecular complexity index is 942. The van der Waals surface area contributed by atoms with Crippen LogP contribution in [0.1, 0.15) is 209 Å². The lowest BCUT2D eigenvalue weighted by molar-refractivity contribution is -0.125. The lowest BCUT2D eigenvalue weighted by atomic mass is 9.98. The Hall–Kier alpha value is -2.45. The van der Waals surface area contributed by atoms with Gasteiger partial charge in [0.1, 0.15) is 5.78 Å². The topological polar surface area (TPSA) is 133 Å². The smallest absolute Gasteiger partial charge is 0.222 e. The van der Waals surface area contributed by atoms with Gasteiger partial charge in [0.15, 0.2) is 0 Å². The third kappa shape index (κ3) is 28.8. The first-order valence-corrected chi connectivity index (χ1v) is 21.1. The Kier molecular flexibility index (Phi) is 30.7. The Labute approximate surface area is 313 Å². The molecular formula is C42H80N4O5. The summed E-state index contributed by atoms with van der Waals surface area (Å²) in [4.78, 5) is 64.9. The van der Waals surface area contributed by atoms with Crippen molar-refractivity contribution in [2.45, 2.75) is 233 Å². The fourth-order valence-electron chi connectivity index (χ4n) is 6.79. The zero-order valence-corrected chi connectivity index (χ0v) is 34.1. The van der Waals surface area contributed by atoms with Crippen molar-refractivity contribution < 1.29 is 24.0 Å². The van der Waals surface area contributed by atoms with Gasteiger partial charge < -0.3 is 21.3 Å². The number of rotatable bonds is 34. The van der Waals surface area contributed by atoms with E-state index < -0.39 is 0 Å². The first-order chi connectivity index (χ1) is 24.5. The fraction of sp³-hybridized carbons (Fsp3) is 0.881. The van der Waals surface area contributed by atoms with Gasteiger partial charge in [-0.25, -0.2) is 0 Å². The molecule has 9 heteroatoms. The summed E-state index contributed by atoms with van der Waals surface area (Å²) in [5.74, 6) is -0.0620. The van der Waals surface area contributed by atoms with Gasteiger partial charge in [-0.2, -0.15) is 0 Å². The highest BCUT2D eigenvalue weighted by atomic mass is 16.2. The molecule has 0 rings (SSSR count). The molecule has 9 nitrogen and oxygen atoms in total. The highest BCUT2D eigenvalue weighted by molar-refractivity contribution is 5.83. The molecule has 0 fully saturated rings. The van der Waals surface area contributed by atoms with Crippen LogP contribution >= 0.6 is 0 Å². The summed E-state index contributed by atoms with van der Waals surface area (Å²) in [6, 6.07) is -1.05. The molecule has 0 bridgehead atoms. The van der Waals surface area contributed by atoms with Crippen LogP contribution in [-0.4, -0.2) is 53.6 Å². The zero-order chi connectivity index (χ0) is 38.3. The maximum atomic E-state index is 13.5. The zero-order valence-electron chi connectivity index (χ0n) is 34.1.